The summed E-state index contributed by atoms with van der Waals surface area (Å²) in [5.74, 6) is 0.603. The molecule has 0 fully saturated rings. The molecule has 92 valence electrons. The first kappa shape index (κ1) is 12.3. The van der Waals surface area contributed by atoms with E-state index in [-0.39, 0.29) is 11.4 Å². The van der Waals surface area contributed by atoms with Crippen molar-refractivity contribution >= 4 is 23.3 Å². The Balaban J connectivity index is 2.36. The van der Waals surface area contributed by atoms with Gasteiger partial charge in [0, 0.05) is 17.0 Å². The van der Waals surface area contributed by atoms with Gasteiger partial charge in [-0.3, -0.25) is 14.9 Å². The highest BCUT2D eigenvalue weighted by Gasteiger charge is 2.19. The Morgan fingerprint density at radius 3 is 2.83 bits per heavy atom. The summed E-state index contributed by atoms with van der Waals surface area (Å²) in [6, 6.07) is 6.41. The summed E-state index contributed by atoms with van der Waals surface area (Å²) in [6.07, 6.45) is 0.710. The van der Waals surface area contributed by atoms with Crippen LogP contribution in [0.5, 0.6) is 11.5 Å². The molecule has 0 aliphatic rings. The van der Waals surface area contributed by atoms with E-state index in [4.69, 9.17) is 4.74 Å². The Morgan fingerprint density at radius 2 is 2.22 bits per heavy atom. The van der Waals surface area contributed by atoms with Crippen LogP contribution in [0.25, 0.3) is 0 Å². The number of rotatable bonds is 4. The van der Waals surface area contributed by atoms with Gasteiger partial charge in [0.2, 0.25) is 5.75 Å². The van der Waals surface area contributed by atoms with E-state index < -0.39 is 4.92 Å². The molecule has 0 saturated heterocycles. The summed E-state index contributed by atoms with van der Waals surface area (Å²) in [5, 5.41) is 12.6. The maximum Gasteiger partial charge on any atom is 0.314 e. The van der Waals surface area contributed by atoms with Gasteiger partial charge in [0.25, 0.3) is 0 Å². The van der Waals surface area contributed by atoms with Crippen molar-refractivity contribution < 1.29 is 14.5 Å². The molecule has 0 bridgehead atoms. The average Bonchev–Trinajstić information content (AvgIpc) is 2.76. The monoisotopic (exact) mass is 263 g/mol. The topological polar surface area (TPSA) is 69.4 Å². The Hall–Kier alpha value is -2.21. The number of nitro groups is 1. The van der Waals surface area contributed by atoms with E-state index in [0.29, 0.717) is 22.5 Å². The van der Waals surface area contributed by atoms with E-state index in [1.54, 1.807) is 30.5 Å². The van der Waals surface area contributed by atoms with Gasteiger partial charge in [-0.2, -0.15) is 0 Å². The third-order valence-electron chi connectivity index (χ3n) is 2.32. The minimum absolute atomic E-state index is 0.0589. The van der Waals surface area contributed by atoms with E-state index in [1.807, 2.05) is 0 Å². The summed E-state index contributed by atoms with van der Waals surface area (Å²) >= 11 is 1.22. The highest BCUT2D eigenvalue weighted by atomic mass is 32.1. The fourth-order valence-corrected chi connectivity index (χ4v) is 2.13. The normalized spacial score (nSPS) is 10.1. The number of hydrogen-bond donors (Lipinski definition) is 0. The molecule has 0 saturated carbocycles. The van der Waals surface area contributed by atoms with Crippen LogP contribution < -0.4 is 4.74 Å². The standard InChI is InChI=1S/C12H9NO4S/c1-8-3-2-4-11(12(8)13(15)16)17-9-5-10(6-14)18-7-9/h2-7H,1H3. The molecule has 18 heavy (non-hydrogen) atoms. The lowest BCUT2D eigenvalue weighted by atomic mass is 10.2. The quantitative estimate of drug-likeness (QED) is 0.480. The smallest absolute Gasteiger partial charge is 0.314 e. The van der Waals surface area contributed by atoms with Crippen LogP contribution in [-0.2, 0) is 0 Å². The average molecular weight is 263 g/mol. The van der Waals surface area contributed by atoms with E-state index in [1.165, 1.54) is 17.4 Å². The molecule has 2 aromatic rings. The first-order valence-corrected chi connectivity index (χ1v) is 5.95. The molecule has 0 aliphatic carbocycles. The minimum Gasteiger partial charge on any atom is -0.449 e. The first-order valence-electron chi connectivity index (χ1n) is 5.07. The van der Waals surface area contributed by atoms with Crippen molar-refractivity contribution in [2.45, 2.75) is 6.92 Å². The van der Waals surface area contributed by atoms with Gasteiger partial charge >= 0.3 is 5.69 Å². The summed E-state index contributed by atoms with van der Waals surface area (Å²) in [7, 11) is 0. The van der Waals surface area contributed by atoms with Crippen molar-refractivity contribution in [3.63, 3.8) is 0 Å². The lowest BCUT2D eigenvalue weighted by Gasteiger charge is -2.05. The molecular weight excluding hydrogens is 254 g/mol. The number of thiophene rings is 1. The number of nitro benzene ring substituents is 1. The molecule has 0 radical (unpaired) electrons. The van der Waals surface area contributed by atoms with Crippen molar-refractivity contribution in [2.75, 3.05) is 0 Å². The maximum atomic E-state index is 11.0. The number of para-hydroxylation sites is 1. The van der Waals surface area contributed by atoms with Crippen molar-refractivity contribution in [3.8, 4) is 11.5 Å². The van der Waals surface area contributed by atoms with Gasteiger partial charge in [-0.15, -0.1) is 11.3 Å². The summed E-state index contributed by atoms with van der Waals surface area (Å²) in [4.78, 5) is 21.6. The molecule has 6 heteroatoms. The molecule has 0 atom stereocenters. The zero-order valence-electron chi connectivity index (χ0n) is 9.45. The minimum atomic E-state index is -0.475. The van der Waals surface area contributed by atoms with Gasteiger partial charge in [-0.1, -0.05) is 12.1 Å². The molecule has 0 aliphatic heterocycles. The molecule has 0 spiro atoms. The third-order valence-corrected chi connectivity index (χ3v) is 3.16. The number of carbonyl (C=O) groups excluding carboxylic acids is 1. The van der Waals surface area contributed by atoms with Gasteiger partial charge in [-0.25, -0.2) is 0 Å². The number of benzene rings is 1. The number of nitrogens with zero attached hydrogens (tertiary/aromatic N) is 1. The molecule has 5 nitrogen and oxygen atoms in total. The predicted molar refractivity (Wildman–Crippen MR) is 67.6 cm³/mol. The Labute approximate surface area is 107 Å². The van der Waals surface area contributed by atoms with Crippen molar-refractivity contribution in [2.24, 2.45) is 0 Å². The third kappa shape index (κ3) is 2.38. The van der Waals surface area contributed by atoms with Crippen LogP contribution >= 0.6 is 11.3 Å². The Morgan fingerprint density at radius 1 is 1.44 bits per heavy atom. The fourth-order valence-electron chi connectivity index (χ4n) is 1.53. The zero-order valence-corrected chi connectivity index (χ0v) is 10.3. The molecule has 1 aromatic heterocycles. The Kier molecular flexibility index (Phi) is 3.38. The Bertz CT molecular complexity index is 606. The van der Waals surface area contributed by atoms with Crippen LogP contribution in [0.15, 0.2) is 29.6 Å². The van der Waals surface area contributed by atoms with E-state index in [0.717, 1.165) is 0 Å². The summed E-state index contributed by atoms with van der Waals surface area (Å²) in [6.45, 7) is 1.65. The second-order valence-electron chi connectivity index (χ2n) is 3.58. The van der Waals surface area contributed by atoms with Gasteiger partial charge < -0.3 is 4.74 Å². The summed E-state index contributed by atoms with van der Waals surface area (Å²) in [5.41, 5.74) is 0.472. The van der Waals surface area contributed by atoms with Gasteiger partial charge in [0.05, 0.1) is 9.80 Å². The number of aryl methyl sites for hydroxylation is 1. The van der Waals surface area contributed by atoms with Gasteiger partial charge in [0.15, 0.2) is 6.29 Å². The van der Waals surface area contributed by atoms with Crippen LogP contribution in [0.2, 0.25) is 0 Å². The van der Waals surface area contributed by atoms with Crippen molar-refractivity contribution in [3.05, 3.63) is 50.2 Å². The van der Waals surface area contributed by atoms with Crippen molar-refractivity contribution in [1.82, 2.24) is 0 Å². The number of carbonyl (C=O) groups is 1. The van der Waals surface area contributed by atoms with Crippen LogP contribution in [-0.4, -0.2) is 11.2 Å². The molecule has 1 aromatic carbocycles. The lowest BCUT2D eigenvalue weighted by molar-refractivity contribution is -0.386. The first-order chi connectivity index (χ1) is 8.61. The molecule has 0 unspecified atom stereocenters. The zero-order chi connectivity index (χ0) is 13.1. The highest BCUT2D eigenvalue weighted by Crippen LogP contribution is 2.35. The summed E-state index contributed by atoms with van der Waals surface area (Å²) < 4.78 is 5.44. The number of ether oxygens (including phenoxy) is 1. The van der Waals surface area contributed by atoms with Gasteiger partial charge in [0.1, 0.15) is 5.75 Å². The molecule has 2 rings (SSSR count). The maximum absolute atomic E-state index is 11.0. The van der Waals surface area contributed by atoms with Gasteiger partial charge in [-0.05, 0) is 13.0 Å². The predicted octanol–water partition coefficient (Wildman–Crippen LogP) is 3.57. The second kappa shape index (κ2) is 4.97. The van der Waals surface area contributed by atoms with E-state index in [9.17, 15) is 14.9 Å². The largest absolute Gasteiger partial charge is 0.449 e. The molecule has 0 amide bonds. The van der Waals surface area contributed by atoms with Crippen LogP contribution in [0, 0.1) is 17.0 Å². The van der Waals surface area contributed by atoms with Crippen LogP contribution in [0.3, 0.4) is 0 Å². The molecule has 1 heterocycles. The second-order valence-corrected chi connectivity index (χ2v) is 4.53. The van der Waals surface area contributed by atoms with Crippen LogP contribution in [0.1, 0.15) is 15.2 Å². The van der Waals surface area contributed by atoms with Crippen molar-refractivity contribution in [1.29, 1.82) is 0 Å². The van der Waals surface area contributed by atoms with E-state index in [2.05, 4.69) is 0 Å². The fraction of sp³-hybridized carbons (Fsp3) is 0.0833. The molecule has 0 N–H and O–H groups in total. The lowest BCUT2D eigenvalue weighted by Crippen LogP contribution is -1.95. The molecular formula is C12H9NO4S. The van der Waals surface area contributed by atoms with E-state index >= 15 is 0 Å². The van der Waals surface area contributed by atoms with Crippen LogP contribution in [0.4, 0.5) is 5.69 Å². The number of hydrogen-bond acceptors (Lipinski definition) is 5. The SMILES string of the molecule is Cc1cccc(Oc2csc(C=O)c2)c1[N+](=O)[O-]. The number of aldehydes is 1. The highest BCUT2D eigenvalue weighted by molar-refractivity contribution is 7.11.